The molecule has 0 aliphatic carbocycles. The van der Waals surface area contributed by atoms with Crippen molar-refractivity contribution in [2.75, 3.05) is 11.9 Å². The summed E-state index contributed by atoms with van der Waals surface area (Å²) in [6, 6.07) is 0.822. The van der Waals surface area contributed by atoms with Crippen molar-refractivity contribution in [1.82, 2.24) is 10.3 Å². The van der Waals surface area contributed by atoms with Gasteiger partial charge in [0.1, 0.15) is 29.7 Å². The van der Waals surface area contributed by atoms with Gasteiger partial charge >= 0.3 is 6.09 Å². The Balaban J connectivity index is 2.02. The number of nitrogens with one attached hydrogen (secondary N) is 2. The summed E-state index contributed by atoms with van der Waals surface area (Å²) in [5.74, 6) is 0.143. The van der Waals surface area contributed by atoms with E-state index >= 15 is 0 Å². The van der Waals surface area contributed by atoms with Crippen LogP contribution in [0, 0.1) is 0 Å². The lowest BCUT2D eigenvalue weighted by molar-refractivity contribution is -0.118. The van der Waals surface area contributed by atoms with Crippen LogP contribution in [0.15, 0.2) is 18.5 Å². The summed E-state index contributed by atoms with van der Waals surface area (Å²) in [4.78, 5) is 27.6. The predicted molar refractivity (Wildman–Crippen MR) is 71.5 cm³/mol. The number of rotatable bonds is 1. The standard InChI is InChI=1S/C13H17N3O4/c1-13(2,3)20-12(18)16-9-7-19-10-4-5-14-6-8(10)15-11(9)17/h4-6,9H,7H2,1-3H3,(H,15,17)(H,16,18)/t9-/m0/s1. The summed E-state index contributed by atoms with van der Waals surface area (Å²) >= 11 is 0. The quantitative estimate of drug-likeness (QED) is 0.809. The number of anilines is 1. The second-order valence-corrected chi connectivity index (χ2v) is 5.37. The number of ether oxygens (including phenoxy) is 2. The molecule has 1 atom stereocenters. The van der Waals surface area contributed by atoms with Gasteiger partial charge in [-0.15, -0.1) is 0 Å². The molecule has 1 aromatic rings. The van der Waals surface area contributed by atoms with Crippen LogP contribution in [-0.2, 0) is 9.53 Å². The number of carbonyl (C=O) groups excluding carboxylic acids is 2. The Bertz CT molecular complexity index is 525. The average molecular weight is 279 g/mol. The predicted octanol–water partition coefficient (Wildman–Crippen LogP) is 1.31. The molecular weight excluding hydrogens is 262 g/mol. The van der Waals surface area contributed by atoms with Gasteiger partial charge in [-0.1, -0.05) is 0 Å². The van der Waals surface area contributed by atoms with Crippen LogP contribution in [0.1, 0.15) is 20.8 Å². The van der Waals surface area contributed by atoms with Gasteiger partial charge in [0.05, 0.1) is 6.20 Å². The number of aromatic nitrogens is 1. The van der Waals surface area contributed by atoms with E-state index in [2.05, 4.69) is 15.6 Å². The van der Waals surface area contributed by atoms with Crippen LogP contribution in [0.25, 0.3) is 0 Å². The molecule has 2 amide bonds. The molecule has 20 heavy (non-hydrogen) atoms. The highest BCUT2D eigenvalue weighted by Crippen LogP contribution is 2.24. The Morgan fingerprint density at radius 2 is 2.30 bits per heavy atom. The highest BCUT2D eigenvalue weighted by molar-refractivity contribution is 5.98. The van der Waals surface area contributed by atoms with E-state index in [1.807, 2.05) is 0 Å². The van der Waals surface area contributed by atoms with E-state index in [9.17, 15) is 9.59 Å². The average Bonchev–Trinajstić information content (AvgIpc) is 2.47. The lowest BCUT2D eigenvalue weighted by Crippen LogP contribution is -2.48. The normalized spacial score (nSPS) is 18.1. The van der Waals surface area contributed by atoms with E-state index in [0.717, 1.165) is 0 Å². The molecule has 2 N–H and O–H groups in total. The van der Waals surface area contributed by atoms with Crippen LogP contribution < -0.4 is 15.4 Å². The topological polar surface area (TPSA) is 89.6 Å². The SMILES string of the molecule is CC(C)(C)OC(=O)N[C@H]1COc2ccncc2NC1=O. The van der Waals surface area contributed by atoms with E-state index in [1.165, 1.54) is 6.20 Å². The second kappa shape index (κ2) is 5.36. The van der Waals surface area contributed by atoms with Gasteiger partial charge in [-0.25, -0.2) is 4.79 Å². The first-order valence-corrected chi connectivity index (χ1v) is 6.22. The van der Waals surface area contributed by atoms with E-state index in [4.69, 9.17) is 9.47 Å². The van der Waals surface area contributed by atoms with Crippen molar-refractivity contribution >= 4 is 17.7 Å². The molecular formula is C13H17N3O4. The van der Waals surface area contributed by atoms with Gasteiger partial charge in [0.25, 0.3) is 5.91 Å². The fourth-order valence-corrected chi connectivity index (χ4v) is 1.63. The molecule has 0 saturated heterocycles. The molecule has 1 aliphatic rings. The third kappa shape index (κ3) is 3.59. The van der Waals surface area contributed by atoms with E-state index in [-0.39, 0.29) is 12.5 Å². The number of pyridine rings is 1. The van der Waals surface area contributed by atoms with Crippen molar-refractivity contribution < 1.29 is 19.1 Å². The zero-order valence-corrected chi connectivity index (χ0v) is 11.6. The first-order chi connectivity index (χ1) is 9.35. The first kappa shape index (κ1) is 14.1. The van der Waals surface area contributed by atoms with Gasteiger partial charge in [0.15, 0.2) is 0 Å². The summed E-state index contributed by atoms with van der Waals surface area (Å²) in [6.07, 6.45) is 2.39. The molecule has 0 bridgehead atoms. The molecule has 0 radical (unpaired) electrons. The Kier molecular flexibility index (Phi) is 3.78. The fourth-order valence-electron chi connectivity index (χ4n) is 1.63. The van der Waals surface area contributed by atoms with Gasteiger partial charge in [-0.3, -0.25) is 9.78 Å². The minimum absolute atomic E-state index is 0.0299. The van der Waals surface area contributed by atoms with Crippen molar-refractivity contribution in [3.05, 3.63) is 18.5 Å². The summed E-state index contributed by atoms with van der Waals surface area (Å²) in [5.41, 5.74) is -0.148. The third-order valence-electron chi connectivity index (χ3n) is 2.45. The smallest absolute Gasteiger partial charge is 0.408 e. The summed E-state index contributed by atoms with van der Waals surface area (Å²) in [7, 11) is 0. The van der Waals surface area contributed by atoms with Gasteiger partial charge in [-0.05, 0) is 20.8 Å². The van der Waals surface area contributed by atoms with Crippen molar-refractivity contribution in [1.29, 1.82) is 0 Å². The molecule has 0 unspecified atom stereocenters. The van der Waals surface area contributed by atoms with Crippen LogP contribution in [0.5, 0.6) is 5.75 Å². The fraction of sp³-hybridized carbons (Fsp3) is 0.462. The van der Waals surface area contributed by atoms with Gasteiger partial charge < -0.3 is 20.1 Å². The zero-order chi connectivity index (χ0) is 14.8. The molecule has 7 heteroatoms. The van der Waals surface area contributed by atoms with Crippen molar-refractivity contribution in [3.63, 3.8) is 0 Å². The molecule has 2 rings (SSSR count). The Morgan fingerprint density at radius 3 is 3.00 bits per heavy atom. The summed E-state index contributed by atoms with van der Waals surface area (Å²) in [5, 5.41) is 5.13. The number of amides is 2. The number of carbonyl (C=O) groups is 2. The van der Waals surface area contributed by atoms with Crippen LogP contribution in [-0.4, -0.2) is 35.2 Å². The molecule has 0 aromatic carbocycles. The maximum absolute atomic E-state index is 12.0. The maximum atomic E-state index is 12.0. The van der Waals surface area contributed by atoms with E-state index in [1.54, 1.807) is 33.0 Å². The molecule has 7 nitrogen and oxygen atoms in total. The molecule has 2 heterocycles. The van der Waals surface area contributed by atoms with E-state index in [0.29, 0.717) is 11.4 Å². The minimum atomic E-state index is -0.822. The Hall–Kier alpha value is -2.31. The number of alkyl carbamates (subject to hydrolysis) is 1. The van der Waals surface area contributed by atoms with Crippen LogP contribution >= 0.6 is 0 Å². The third-order valence-corrected chi connectivity index (χ3v) is 2.45. The van der Waals surface area contributed by atoms with Crippen LogP contribution in [0.2, 0.25) is 0 Å². The van der Waals surface area contributed by atoms with Gasteiger partial charge in [-0.2, -0.15) is 0 Å². The van der Waals surface area contributed by atoms with E-state index < -0.39 is 17.7 Å². The first-order valence-electron chi connectivity index (χ1n) is 6.22. The summed E-state index contributed by atoms with van der Waals surface area (Å²) < 4.78 is 10.6. The molecule has 108 valence electrons. The van der Waals surface area contributed by atoms with Crippen LogP contribution in [0.3, 0.4) is 0 Å². The van der Waals surface area contributed by atoms with Gasteiger partial charge in [0, 0.05) is 12.3 Å². The van der Waals surface area contributed by atoms with Crippen molar-refractivity contribution in [3.8, 4) is 5.75 Å². The maximum Gasteiger partial charge on any atom is 0.408 e. The second-order valence-electron chi connectivity index (χ2n) is 5.37. The monoisotopic (exact) mass is 279 g/mol. The molecule has 1 aromatic heterocycles. The zero-order valence-electron chi connectivity index (χ0n) is 11.6. The lowest BCUT2D eigenvalue weighted by Gasteiger charge is -2.22. The number of fused-ring (bicyclic) bond motifs is 1. The Morgan fingerprint density at radius 1 is 1.55 bits per heavy atom. The minimum Gasteiger partial charge on any atom is -0.489 e. The molecule has 1 aliphatic heterocycles. The lowest BCUT2D eigenvalue weighted by atomic mass is 10.2. The highest BCUT2D eigenvalue weighted by atomic mass is 16.6. The number of hydrogen-bond acceptors (Lipinski definition) is 5. The van der Waals surface area contributed by atoms with Crippen molar-refractivity contribution in [2.24, 2.45) is 0 Å². The largest absolute Gasteiger partial charge is 0.489 e. The van der Waals surface area contributed by atoms with Gasteiger partial charge in [0.2, 0.25) is 0 Å². The number of nitrogens with zero attached hydrogens (tertiary/aromatic N) is 1. The van der Waals surface area contributed by atoms with Crippen molar-refractivity contribution in [2.45, 2.75) is 32.4 Å². The summed E-state index contributed by atoms with van der Waals surface area (Å²) in [6.45, 7) is 5.27. The molecule has 0 saturated carbocycles. The molecule has 0 spiro atoms. The van der Waals surface area contributed by atoms with Crippen LogP contribution in [0.4, 0.5) is 10.5 Å². The molecule has 0 fully saturated rings. The highest BCUT2D eigenvalue weighted by Gasteiger charge is 2.28. The Labute approximate surface area is 116 Å². The number of hydrogen-bond donors (Lipinski definition) is 2.